The van der Waals surface area contributed by atoms with E-state index < -0.39 is 11.8 Å². The van der Waals surface area contributed by atoms with Crippen molar-refractivity contribution in [2.24, 2.45) is 5.73 Å². The molecule has 2 aromatic heterocycles. The SMILES string of the molecule is NC(=O)c1c(-c2cccnc2)noc1NC(=O)c1cccc(Cl)c1. The quantitative estimate of drug-likeness (QED) is 0.757. The Labute approximate surface area is 141 Å². The van der Waals surface area contributed by atoms with Crippen LogP contribution in [0.2, 0.25) is 5.02 Å². The summed E-state index contributed by atoms with van der Waals surface area (Å²) < 4.78 is 5.09. The molecule has 24 heavy (non-hydrogen) atoms. The summed E-state index contributed by atoms with van der Waals surface area (Å²) >= 11 is 5.86. The summed E-state index contributed by atoms with van der Waals surface area (Å²) in [5.74, 6) is -1.42. The van der Waals surface area contributed by atoms with Crippen LogP contribution in [0.25, 0.3) is 11.3 Å². The van der Waals surface area contributed by atoms with Gasteiger partial charge in [0, 0.05) is 28.5 Å². The average molecular weight is 343 g/mol. The van der Waals surface area contributed by atoms with Gasteiger partial charge >= 0.3 is 0 Å². The summed E-state index contributed by atoms with van der Waals surface area (Å²) in [5.41, 5.74) is 6.42. The van der Waals surface area contributed by atoms with Gasteiger partial charge in [0.2, 0.25) is 5.88 Å². The van der Waals surface area contributed by atoms with Crippen molar-refractivity contribution in [3.63, 3.8) is 0 Å². The summed E-state index contributed by atoms with van der Waals surface area (Å²) in [6.45, 7) is 0. The standard InChI is InChI=1S/C16H11ClN4O3/c17-11-5-1-3-9(7-11)15(23)20-16-12(14(18)22)13(21-24-16)10-4-2-6-19-8-10/h1-8H,(H2,18,22)(H,20,23). The Morgan fingerprint density at radius 1 is 1.21 bits per heavy atom. The first-order valence-corrected chi connectivity index (χ1v) is 7.21. The van der Waals surface area contributed by atoms with E-state index in [2.05, 4.69) is 15.5 Å². The number of primary amides is 1. The largest absolute Gasteiger partial charge is 0.365 e. The third-order valence-electron chi connectivity index (χ3n) is 3.19. The minimum atomic E-state index is -0.781. The fourth-order valence-corrected chi connectivity index (χ4v) is 2.30. The number of hydrogen-bond donors (Lipinski definition) is 2. The van der Waals surface area contributed by atoms with Gasteiger partial charge in [-0.2, -0.15) is 0 Å². The Bertz CT molecular complexity index is 909. The van der Waals surface area contributed by atoms with Gasteiger partial charge in [-0.3, -0.25) is 19.9 Å². The van der Waals surface area contributed by atoms with Crippen molar-refractivity contribution in [1.29, 1.82) is 0 Å². The number of nitrogens with one attached hydrogen (secondary N) is 1. The maximum absolute atomic E-state index is 12.3. The molecule has 0 saturated carbocycles. The van der Waals surface area contributed by atoms with E-state index in [9.17, 15) is 9.59 Å². The highest BCUT2D eigenvalue weighted by Crippen LogP contribution is 2.28. The Morgan fingerprint density at radius 3 is 2.71 bits per heavy atom. The van der Waals surface area contributed by atoms with E-state index in [4.69, 9.17) is 21.9 Å². The highest BCUT2D eigenvalue weighted by atomic mass is 35.5. The number of anilines is 1. The minimum absolute atomic E-state index is 0.0293. The van der Waals surface area contributed by atoms with Crippen LogP contribution in [0.15, 0.2) is 53.3 Å². The Morgan fingerprint density at radius 2 is 2.04 bits per heavy atom. The first-order chi connectivity index (χ1) is 11.6. The molecule has 3 aromatic rings. The molecule has 0 radical (unpaired) electrons. The van der Waals surface area contributed by atoms with Crippen molar-refractivity contribution >= 4 is 29.3 Å². The van der Waals surface area contributed by atoms with Gasteiger partial charge in [0.25, 0.3) is 11.8 Å². The van der Waals surface area contributed by atoms with E-state index in [0.29, 0.717) is 16.1 Å². The number of aromatic nitrogens is 2. The molecule has 3 rings (SSSR count). The summed E-state index contributed by atoms with van der Waals surface area (Å²) in [6.07, 6.45) is 3.09. The number of amides is 2. The Hall–Kier alpha value is -3.19. The van der Waals surface area contributed by atoms with E-state index in [1.807, 2.05) is 0 Å². The van der Waals surface area contributed by atoms with Gasteiger partial charge in [0.15, 0.2) is 0 Å². The van der Waals surface area contributed by atoms with Crippen molar-refractivity contribution < 1.29 is 14.1 Å². The van der Waals surface area contributed by atoms with Gasteiger partial charge in [-0.05, 0) is 30.3 Å². The number of nitrogens with zero attached hydrogens (tertiary/aromatic N) is 2. The lowest BCUT2D eigenvalue weighted by Crippen LogP contribution is -2.17. The van der Waals surface area contributed by atoms with Crippen molar-refractivity contribution in [2.75, 3.05) is 5.32 Å². The van der Waals surface area contributed by atoms with E-state index in [1.165, 1.54) is 12.3 Å². The molecule has 0 atom stereocenters. The van der Waals surface area contributed by atoms with Crippen molar-refractivity contribution in [3.8, 4) is 11.3 Å². The number of carbonyl (C=O) groups is 2. The van der Waals surface area contributed by atoms with Gasteiger partial charge < -0.3 is 10.3 Å². The molecule has 0 aliphatic heterocycles. The van der Waals surface area contributed by atoms with Gasteiger partial charge in [-0.15, -0.1) is 0 Å². The number of nitrogens with two attached hydrogens (primary N) is 1. The fraction of sp³-hybridized carbons (Fsp3) is 0. The second kappa shape index (κ2) is 6.51. The zero-order valence-corrected chi connectivity index (χ0v) is 12.9. The molecule has 0 unspecified atom stereocenters. The van der Waals surface area contributed by atoms with Crippen LogP contribution in [0.5, 0.6) is 0 Å². The molecular formula is C16H11ClN4O3. The highest BCUT2D eigenvalue weighted by molar-refractivity contribution is 6.31. The Kier molecular flexibility index (Phi) is 4.26. The van der Waals surface area contributed by atoms with Crippen molar-refractivity contribution in [3.05, 3.63) is 64.9 Å². The lowest BCUT2D eigenvalue weighted by molar-refractivity contribution is 0.100. The maximum atomic E-state index is 12.3. The lowest BCUT2D eigenvalue weighted by Gasteiger charge is -2.03. The summed E-state index contributed by atoms with van der Waals surface area (Å²) in [4.78, 5) is 28.0. The molecule has 0 aliphatic rings. The molecular weight excluding hydrogens is 332 g/mol. The topological polar surface area (TPSA) is 111 Å². The monoisotopic (exact) mass is 342 g/mol. The molecule has 0 saturated heterocycles. The number of benzene rings is 1. The maximum Gasteiger partial charge on any atom is 0.258 e. The summed E-state index contributed by atoms with van der Waals surface area (Å²) in [7, 11) is 0. The second-order valence-electron chi connectivity index (χ2n) is 4.81. The molecule has 0 bridgehead atoms. The minimum Gasteiger partial charge on any atom is -0.365 e. The molecule has 2 heterocycles. The molecule has 0 aliphatic carbocycles. The van der Waals surface area contributed by atoms with Crippen LogP contribution >= 0.6 is 11.6 Å². The van der Waals surface area contributed by atoms with Crippen molar-refractivity contribution in [1.82, 2.24) is 10.1 Å². The van der Waals surface area contributed by atoms with Crippen LogP contribution in [0.1, 0.15) is 20.7 Å². The van der Waals surface area contributed by atoms with E-state index in [0.717, 1.165) is 0 Å². The molecule has 1 aromatic carbocycles. The number of pyridine rings is 1. The average Bonchev–Trinajstić information content (AvgIpc) is 2.99. The third kappa shape index (κ3) is 3.11. The smallest absolute Gasteiger partial charge is 0.258 e. The molecule has 8 heteroatoms. The second-order valence-corrected chi connectivity index (χ2v) is 5.24. The number of halogens is 1. The van der Waals surface area contributed by atoms with E-state index in [-0.39, 0.29) is 17.1 Å². The number of rotatable bonds is 4. The molecule has 7 nitrogen and oxygen atoms in total. The van der Waals surface area contributed by atoms with E-state index in [1.54, 1.807) is 36.5 Å². The highest BCUT2D eigenvalue weighted by Gasteiger charge is 2.24. The first kappa shape index (κ1) is 15.7. The first-order valence-electron chi connectivity index (χ1n) is 6.83. The van der Waals surface area contributed by atoms with Crippen LogP contribution in [0.4, 0.5) is 5.88 Å². The van der Waals surface area contributed by atoms with Crippen LogP contribution in [-0.4, -0.2) is 22.0 Å². The van der Waals surface area contributed by atoms with Gasteiger partial charge in [0.05, 0.1) is 0 Å². The van der Waals surface area contributed by atoms with Gasteiger partial charge in [0.1, 0.15) is 11.3 Å². The van der Waals surface area contributed by atoms with Crippen LogP contribution in [0.3, 0.4) is 0 Å². The third-order valence-corrected chi connectivity index (χ3v) is 3.42. The van der Waals surface area contributed by atoms with E-state index >= 15 is 0 Å². The molecule has 0 fully saturated rings. The van der Waals surface area contributed by atoms with Crippen LogP contribution in [0, 0.1) is 0 Å². The lowest BCUT2D eigenvalue weighted by atomic mass is 10.1. The van der Waals surface area contributed by atoms with Gasteiger partial charge in [-0.25, -0.2) is 0 Å². The fourth-order valence-electron chi connectivity index (χ4n) is 2.11. The zero-order valence-electron chi connectivity index (χ0n) is 12.2. The van der Waals surface area contributed by atoms with Crippen LogP contribution in [-0.2, 0) is 0 Å². The molecule has 2 amide bonds. The predicted molar refractivity (Wildman–Crippen MR) is 87.7 cm³/mol. The molecule has 120 valence electrons. The zero-order chi connectivity index (χ0) is 17.1. The normalized spacial score (nSPS) is 10.4. The molecule has 3 N–H and O–H groups in total. The summed E-state index contributed by atoms with van der Waals surface area (Å²) in [6, 6.07) is 9.71. The summed E-state index contributed by atoms with van der Waals surface area (Å²) in [5, 5.41) is 6.70. The van der Waals surface area contributed by atoms with Gasteiger partial charge in [-0.1, -0.05) is 22.8 Å². The molecule has 0 spiro atoms. The number of carbonyl (C=O) groups excluding carboxylic acids is 2. The number of hydrogen-bond acceptors (Lipinski definition) is 5. The Balaban J connectivity index is 1.96. The predicted octanol–water partition coefficient (Wildman–Crippen LogP) is 2.74. The van der Waals surface area contributed by atoms with Crippen molar-refractivity contribution in [2.45, 2.75) is 0 Å². The van der Waals surface area contributed by atoms with Crippen LogP contribution < -0.4 is 11.1 Å².